The van der Waals surface area contributed by atoms with Crippen LogP contribution in [0.5, 0.6) is 11.5 Å². The fourth-order valence-electron chi connectivity index (χ4n) is 3.95. The van der Waals surface area contributed by atoms with Crippen molar-refractivity contribution in [3.8, 4) is 11.5 Å². The zero-order valence-corrected chi connectivity index (χ0v) is 19.7. The van der Waals surface area contributed by atoms with Gasteiger partial charge in [-0.2, -0.15) is 13.2 Å². The lowest BCUT2D eigenvalue weighted by atomic mass is 9.86. The molecule has 0 radical (unpaired) electrons. The molecule has 33 heavy (non-hydrogen) atoms. The SMILES string of the molecule is COc1ccc(OCC(O)CN2CCN(c3cccc(C(F)(F)F)c3)CC2)c(C(C)(C)C)c1. The zero-order chi connectivity index (χ0) is 24.2. The monoisotopic (exact) mass is 466 g/mol. The van der Waals surface area contributed by atoms with E-state index in [-0.39, 0.29) is 12.0 Å². The second-order valence-electron chi connectivity index (χ2n) is 9.41. The number of benzene rings is 2. The van der Waals surface area contributed by atoms with Crippen LogP contribution in [0, 0.1) is 0 Å². The number of aliphatic hydroxyl groups is 1. The summed E-state index contributed by atoms with van der Waals surface area (Å²) in [4.78, 5) is 4.05. The molecule has 1 heterocycles. The van der Waals surface area contributed by atoms with Crippen molar-refractivity contribution in [1.29, 1.82) is 0 Å². The first-order valence-electron chi connectivity index (χ1n) is 11.1. The Labute approximate surface area is 193 Å². The number of piperazine rings is 1. The second-order valence-corrected chi connectivity index (χ2v) is 9.41. The first-order chi connectivity index (χ1) is 15.5. The fraction of sp³-hybridized carbons (Fsp3) is 0.520. The Morgan fingerprint density at radius 2 is 1.70 bits per heavy atom. The maximum absolute atomic E-state index is 13.0. The standard InChI is InChI=1S/C25H33F3N2O3/c1-24(2,3)22-15-21(32-4)8-9-23(22)33-17-20(31)16-29-10-12-30(13-11-29)19-7-5-6-18(14-19)25(26,27)28/h5-9,14-15,20,31H,10-13,16-17H2,1-4H3. The van der Waals surface area contributed by atoms with Gasteiger partial charge in [0.05, 0.1) is 12.7 Å². The molecule has 1 fully saturated rings. The van der Waals surface area contributed by atoms with Crippen molar-refractivity contribution < 1.29 is 27.8 Å². The molecule has 1 unspecified atom stereocenters. The second kappa shape index (κ2) is 10.2. The van der Waals surface area contributed by atoms with Crippen molar-refractivity contribution in [3.63, 3.8) is 0 Å². The van der Waals surface area contributed by atoms with E-state index in [1.54, 1.807) is 13.2 Å². The highest BCUT2D eigenvalue weighted by molar-refractivity contribution is 5.49. The Bertz CT molecular complexity index is 920. The molecule has 0 spiro atoms. The summed E-state index contributed by atoms with van der Waals surface area (Å²) >= 11 is 0. The van der Waals surface area contributed by atoms with Crippen molar-refractivity contribution in [2.24, 2.45) is 0 Å². The van der Waals surface area contributed by atoms with E-state index in [9.17, 15) is 18.3 Å². The van der Waals surface area contributed by atoms with Crippen LogP contribution in [-0.2, 0) is 11.6 Å². The highest BCUT2D eigenvalue weighted by atomic mass is 19.4. The molecule has 0 aromatic heterocycles. The average Bonchev–Trinajstić information content (AvgIpc) is 2.77. The molecular weight excluding hydrogens is 433 g/mol. The fourth-order valence-corrected chi connectivity index (χ4v) is 3.95. The molecular formula is C25H33F3N2O3. The van der Waals surface area contributed by atoms with Gasteiger partial charge in [-0.25, -0.2) is 0 Å². The normalized spacial score (nSPS) is 16.5. The molecule has 8 heteroatoms. The van der Waals surface area contributed by atoms with E-state index in [1.807, 2.05) is 23.1 Å². The highest BCUT2D eigenvalue weighted by Crippen LogP contribution is 2.34. The van der Waals surface area contributed by atoms with Gasteiger partial charge in [0.1, 0.15) is 24.2 Å². The predicted octanol–water partition coefficient (Wildman–Crippen LogP) is 4.57. The van der Waals surface area contributed by atoms with Crippen LogP contribution < -0.4 is 14.4 Å². The topological polar surface area (TPSA) is 45.2 Å². The predicted molar refractivity (Wildman–Crippen MR) is 123 cm³/mol. The Morgan fingerprint density at radius 1 is 1.00 bits per heavy atom. The molecule has 1 saturated heterocycles. The quantitative estimate of drug-likeness (QED) is 0.648. The van der Waals surface area contributed by atoms with Crippen molar-refractivity contribution >= 4 is 5.69 Å². The van der Waals surface area contributed by atoms with Gasteiger partial charge in [0.2, 0.25) is 0 Å². The zero-order valence-electron chi connectivity index (χ0n) is 19.7. The minimum Gasteiger partial charge on any atom is -0.497 e. The molecule has 0 bridgehead atoms. The van der Waals surface area contributed by atoms with Gasteiger partial charge >= 0.3 is 6.18 Å². The van der Waals surface area contributed by atoms with Gasteiger partial charge in [-0.1, -0.05) is 26.8 Å². The number of β-amino-alcohol motifs (C(OH)–C–C–N with tert-alkyl or cyclic N) is 1. The Kier molecular flexibility index (Phi) is 7.80. The summed E-state index contributed by atoms with van der Waals surface area (Å²) in [7, 11) is 1.62. The minimum absolute atomic E-state index is 0.144. The third-order valence-corrected chi connectivity index (χ3v) is 5.81. The van der Waals surface area contributed by atoms with E-state index in [4.69, 9.17) is 9.47 Å². The number of methoxy groups -OCH3 is 1. The molecule has 182 valence electrons. The Morgan fingerprint density at radius 3 is 2.30 bits per heavy atom. The van der Waals surface area contributed by atoms with E-state index in [0.717, 1.165) is 23.1 Å². The molecule has 1 N–H and O–H groups in total. The third kappa shape index (κ3) is 6.77. The van der Waals surface area contributed by atoms with Crippen LogP contribution in [0.15, 0.2) is 42.5 Å². The van der Waals surface area contributed by atoms with E-state index in [2.05, 4.69) is 25.7 Å². The molecule has 0 saturated carbocycles. The van der Waals surface area contributed by atoms with E-state index in [0.29, 0.717) is 38.4 Å². The van der Waals surface area contributed by atoms with Gasteiger partial charge < -0.3 is 19.5 Å². The number of nitrogens with zero attached hydrogens (tertiary/aromatic N) is 2. The summed E-state index contributed by atoms with van der Waals surface area (Å²) in [5.41, 5.74) is 0.795. The first-order valence-corrected chi connectivity index (χ1v) is 11.1. The van der Waals surface area contributed by atoms with Crippen LogP contribution >= 0.6 is 0 Å². The largest absolute Gasteiger partial charge is 0.497 e. The smallest absolute Gasteiger partial charge is 0.416 e. The third-order valence-electron chi connectivity index (χ3n) is 5.81. The van der Waals surface area contributed by atoms with E-state index in [1.165, 1.54) is 12.1 Å². The number of hydrogen-bond donors (Lipinski definition) is 1. The average molecular weight is 467 g/mol. The summed E-state index contributed by atoms with van der Waals surface area (Å²) in [6, 6.07) is 11.1. The van der Waals surface area contributed by atoms with Crippen LogP contribution in [0.3, 0.4) is 0 Å². The maximum atomic E-state index is 13.0. The summed E-state index contributed by atoms with van der Waals surface area (Å²) in [6.07, 6.45) is -5.03. The lowest BCUT2D eigenvalue weighted by Crippen LogP contribution is -2.49. The lowest BCUT2D eigenvalue weighted by molar-refractivity contribution is -0.137. The minimum atomic E-state index is -4.35. The van der Waals surface area contributed by atoms with Gasteiger partial charge in [0.15, 0.2) is 0 Å². The molecule has 1 aliphatic rings. The number of anilines is 1. The number of aliphatic hydroxyl groups excluding tert-OH is 1. The molecule has 5 nitrogen and oxygen atoms in total. The van der Waals surface area contributed by atoms with Crippen molar-refractivity contribution in [3.05, 3.63) is 53.6 Å². The number of alkyl halides is 3. The van der Waals surface area contributed by atoms with Crippen molar-refractivity contribution in [1.82, 2.24) is 4.90 Å². The Balaban J connectivity index is 1.52. The summed E-state index contributed by atoms with van der Waals surface area (Å²) in [6.45, 7) is 9.38. The van der Waals surface area contributed by atoms with Crippen LogP contribution in [0.2, 0.25) is 0 Å². The van der Waals surface area contributed by atoms with Crippen LogP contribution in [0.25, 0.3) is 0 Å². The van der Waals surface area contributed by atoms with Crippen molar-refractivity contribution in [2.45, 2.75) is 38.5 Å². The first kappa shape index (κ1) is 25.2. The van der Waals surface area contributed by atoms with E-state index < -0.39 is 17.8 Å². The molecule has 0 amide bonds. The van der Waals surface area contributed by atoms with Crippen molar-refractivity contribution in [2.75, 3.05) is 51.3 Å². The van der Waals surface area contributed by atoms with Gasteiger partial charge in [0, 0.05) is 44.0 Å². The summed E-state index contributed by atoms with van der Waals surface area (Å²) < 4.78 is 50.2. The number of halogens is 3. The van der Waals surface area contributed by atoms with Crippen LogP contribution in [-0.4, -0.2) is 62.6 Å². The van der Waals surface area contributed by atoms with Gasteiger partial charge in [0.25, 0.3) is 0 Å². The van der Waals surface area contributed by atoms with Gasteiger partial charge in [-0.05, 0) is 41.8 Å². The molecule has 2 aromatic rings. The highest BCUT2D eigenvalue weighted by Gasteiger charge is 2.31. The number of rotatable bonds is 7. The Hall–Kier alpha value is -2.45. The van der Waals surface area contributed by atoms with Gasteiger partial charge in [-0.15, -0.1) is 0 Å². The van der Waals surface area contributed by atoms with Gasteiger partial charge in [-0.3, -0.25) is 4.90 Å². The van der Waals surface area contributed by atoms with Crippen LogP contribution in [0.4, 0.5) is 18.9 Å². The number of ether oxygens (including phenoxy) is 2. The summed E-state index contributed by atoms with van der Waals surface area (Å²) in [5, 5.41) is 10.5. The molecule has 3 rings (SSSR count). The molecule has 0 aliphatic carbocycles. The molecule has 1 atom stereocenters. The van der Waals surface area contributed by atoms with Crippen LogP contribution in [0.1, 0.15) is 31.9 Å². The number of hydrogen-bond acceptors (Lipinski definition) is 5. The van der Waals surface area contributed by atoms with E-state index >= 15 is 0 Å². The maximum Gasteiger partial charge on any atom is 0.416 e. The lowest BCUT2D eigenvalue weighted by Gasteiger charge is -2.37. The molecule has 2 aromatic carbocycles. The summed E-state index contributed by atoms with van der Waals surface area (Å²) in [5.74, 6) is 1.48. The molecule has 1 aliphatic heterocycles.